The van der Waals surface area contributed by atoms with E-state index in [-0.39, 0.29) is 5.76 Å². The number of aliphatic hydroxyl groups excluding tert-OH is 1. The second kappa shape index (κ2) is 3.35. The van der Waals surface area contributed by atoms with Crippen molar-refractivity contribution in [2.24, 2.45) is 5.73 Å². The highest BCUT2D eigenvalue weighted by molar-refractivity contribution is 5.44. The van der Waals surface area contributed by atoms with E-state index in [2.05, 4.69) is 6.92 Å². The van der Waals surface area contributed by atoms with Crippen molar-refractivity contribution < 1.29 is 9.84 Å². The van der Waals surface area contributed by atoms with Gasteiger partial charge in [0.2, 0.25) is 0 Å². The maximum atomic E-state index is 9.40. The summed E-state index contributed by atoms with van der Waals surface area (Å²) in [6, 6.07) is 5.41. The molecule has 2 rings (SSSR count). The average Bonchev–Trinajstić information content (AvgIpc) is 2.23. The molecule has 0 aromatic heterocycles. The molecule has 0 saturated heterocycles. The van der Waals surface area contributed by atoms with E-state index in [1.807, 2.05) is 18.2 Å². The van der Waals surface area contributed by atoms with Crippen molar-refractivity contribution in [3.63, 3.8) is 0 Å². The summed E-state index contributed by atoms with van der Waals surface area (Å²) >= 11 is 0. The first-order chi connectivity index (χ1) is 6.72. The molecule has 1 atom stereocenters. The van der Waals surface area contributed by atoms with Crippen molar-refractivity contribution in [1.82, 2.24) is 0 Å². The first kappa shape index (κ1) is 9.09. The smallest absolute Gasteiger partial charge is 0.149 e. The zero-order valence-electron chi connectivity index (χ0n) is 8.03. The molecule has 1 heterocycles. The highest BCUT2D eigenvalue weighted by Gasteiger charge is 2.20. The Morgan fingerprint density at radius 3 is 3.00 bits per heavy atom. The third kappa shape index (κ3) is 1.36. The van der Waals surface area contributed by atoms with E-state index >= 15 is 0 Å². The number of nitrogens with two attached hydrogens (primary N) is 1. The van der Waals surface area contributed by atoms with E-state index in [9.17, 15) is 5.11 Å². The molecule has 0 amide bonds. The lowest BCUT2D eigenvalue weighted by atomic mass is 10.00. The Balaban J connectivity index is 2.46. The van der Waals surface area contributed by atoms with Crippen LogP contribution in [0.1, 0.15) is 24.1 Å². The topological polar surface area (TPSA) is 55.5 Å². The minimum atomic E-state index is -0.453. The van der Waals surface area contributed by atoms with Crippen LogP contribution in [-0.2, 0) is 6.42 Å². The standard InChI is InChI=1S/C11H13NO2/c1-2-7-3-4-10-8(5-7)11(12)9(13)6-14-10/h3-6,11,13H,2,12H2,1H3. The van der Waals surface area contributed by atoms with Crippen LogP contribution < -0.4 is 10.5 Å². The van der Waals surface area contributed by atoms with Crippen LogP contribution in [0.5, 0.6) is 5.75 Å². The van der Waals surface area contributed by atoms with Gasteiger partial charge in [-0.2, -0.15) is 0 Å². The van der Waals surface area contributed by atoms with Gasteiger partial charge in [0.25, 0.3) is 0 Å². The molecule has 3 nitrogen and oxygen atoms in total. The second-order valence-electron chi connectivity index (χ2n) is 3.36. The summed E-state index contributed by atoms with van der Waals surface area (Å²) in [5.74, 6) is 0.804. The molecular formula is C11H13NO2. The maximum Gasteiger partial charge on any atom is 0.149 e. The molecule has 14 heavy (non-hydrogen) atoms. The summed E-state index contributed by atoms with van der Waals surface area (Å²) in [4.78, 5) is 0. The first-order valence-electron chi connectivity index (χ1n) is 4.66. The molecule has 0 saturated carbocycles. The Hall–Kier alpha value is -1.48. The molecule has 1 aromatic carbocycles. The zero-order valence-corrected chi connectivity index (χ0v) is 8.03. The molecule has 1 unspecified atom stereocenters. The van der Waals surface area contributed by atoms with Crippen LogP contribution >= 0.6 is 0 Å². The van der Waals surface area contributed by atoms with Crippen molar-refractivity contribution in [3.05, 3.63) is 41.3 Å². The fourth-order valence-corrected chi connectivity index (χ4v) is 1.52. The average molecular weight is 191 g/mol. The van der Waals surface area contributed by atoms with Crippen LogP contribution in [0.25, 0.3) is 0 Å². The summed E-state index contributed by atoms with van der Waals surface area (Å²) in [5, 5.41) is 9.40. The van der Waals surface area contributed by atoms with Gasteiger partial charge in [-0.05, 0) is 18.1 Å². The Bertz CT molecular complexity index is 385. The van der Waals surface area contributed by atoms with E-state index in [4.69, 9.17) is 10.5 Å². The minimum Gasteiger partial charge on any atom is -0.507 e. The summed E-state index contributed by atoms with van der Waals surface area (Å²) in [6.45, 7) is 2.08. The van der Waals surface area contributed by atoms with Gasteiger partial charge in [0.05, 0.1) is 6.04 Å². The Kier molecular flexibility index (Phi) is 2.17. The molecular weight excluding hydrogens is 178 g/mol. The van der Waals surface area contributed by atoms with Crippen LogP contribution in [0, 0.1) is 0 Å². The van der Waals surface area contributed by atoms with E-state index in [1.54, 1.807) is 0 Å². The van der Waals surface area contributed by atoms with Gasteiger partial charge in [0.1, 0.15) is 17.8 Å². The molecule has 3 N–H and O–H groups in total. The van der Waals surface area contributed by atoms with Gasteiger partial charge in [0, 0.05) is 5.56 Å². The lowest BCUT2D eigenvalue weighted by molar-refractivity contribution is 0.314. The van der Waals surface area contributed by atoms with Crippen molar-refractivity contribution >= 4 is 0 Å². The summed E-state index contributed by atoms with van der Waals surface area (Å²) in [7, 11) is 0. The molecule has 0 fully saturated rings. The summed E-state index contributed by atoms with van der Waals surface area (Å²) in [6.07, 6.45) is 2.24. The largest absolute Gasteiger partial charge is 0.507 e. The van der Waals surface area contributed by atoms with Crippen LogP contribution in [0.4, 0.5) is 0 Å². The van der Waals surface area contributed by atoms with E-state index in [0.717, 1.165) is 17.7 Å². The predicted molar refractivity (Wildman–Crippen MR) is 54.1 cm³/mol. The van der Waals surface area contributed by atoms with Gasteiger partial charge in [-0.3, -0.25) is 0 Å². The number of benzene rings is 1. The van der Waals surface area contributed by atoms with Gasteiger partial charge < -0.3 is 15.6 Å². The number of hydrogen-bond acceptors (Lipinski definition) is 3. The van der Waals surface area contributed by atoms with Crippen LogP contribution in [0.15, 0.2) is 30.2 Å². The third-order valence-electron chi connectivity index (χ3n) is 2.44. The lowest BCUT2D eigenvalue weighted by Gasteiger charge is -2.20. The van der Waals surface area contributed by atoms with Crippen molar-refractivity contribution in [3.8, 4) is 5.75 Å². The highest BCUT2D eigenvalue weighted by atomic mass is 16.5. The maximum absolute atomic E-state index is 9.40. The van der Waals surface area contributed by atoms with Gasteiger partial charge >= 0.3 is 0 Å². The Morgan fingerprint density at radius 1 is 1.50 bits per heavy atom. The van der Waals surface area contributed by atoms with Gasteiger partial charge in [-0.15, -0.1) is 0 Å². The molecule has 74 valence electrons. The number of aryl methyl sites for hydroxylation is 1. The quantitative estimate of drug-likeness (QED) is 0.714. The third-order valence-corrected chi connectivity index (χ3v) is 2.44. The predicted octanol–water partition coefficient (Wildman–Crippen LogP) is 2.04. The van der Waals surface area contributed by atoms with Gasteiger partial charge in [0.15, 0.2) is 0 Å². The van der Waals surface area contributed by atoms with E-state index in [1.165, 1.54) is 11.8 Å². The molecule has 1 aliphatic rings. The number of ether oxygens (including phenoxy) is 1. The number of hydrogen-bond donors (Lipinski definition) is 2. The number of rotatable bonds is 1. The Morgan fingerprint density at radius 2 is 2.29 bits per heavy atom. The van der Waals surface area contributed by atoms with Crippen LogP contribution in [0.2, 0.25) is 0 Å². The van der Waals surface area contributed by atoms with E-state index in [0.29, 0.717) is 0 Å². The minimum absolute atomic E-state index is 0.0748. The van der Waals surface area contributed by atoms with Crippen molar-refractivity contribution in [2.75, 3.05) is 0 Å². The molecule has 1 aliphatic heterocycles. The normalized spacial score (nSPS) is 19.6. The number of aliphatic hydroxyl groups is 1. The first-order valence-corrected chi connectivity index (χ1v) is 4.66. The molecule has 0 aliphatic carbocycles. The molecule has 0 bridgehead atoms. The molecule has 0 radical (unpaired) electrons. The van der Waals surface area contributed by atoms with E-state index < -0.39 is 6.04 Å². The van der Waals surface area contributed by atoms with Gasteiger partial charge in [-0.25, -0.2) is 0 Å². The fourth-order valence-electron chi connectivity index (χ4n) is 1.52. The Labute approximate surface area is 82.8 Å². The van der Waals surface area contributed by atoms with Crippen molar-refractivity contribution in [2.45, 2.75) is 19.4 Å². The second-order valence-corrected chi connectivity index (χ2v) is 3.36. The zero-order chi connectivity index (χ0) is 10.1. The monoisotopic (exact) mass is 191 g/mol. The molecule has 1 aromatic rings. The van der Waals surface area contributed by atoms with Crippen molar-refractivity contribution in [1.29, 1.82) is 0 Å². The lowest BCUT2D eigenvalue weighted by Crippen LogP contribution is -2.18. The molecule has 3 heteroatoms. The number of fused-ring (bicyclic) bond motifs is 1. The fraction of sp³-hybridized carbons (Fsp3) is 0.273. The highest BCUT2D eigenvalue weighted by Crippen LogP contribution is 2.32. The molecule has 0 spiro atoms. The SMILES string of the molecule is CCc1ccc2c(c1)C(N)C(O)=CO2. The van der Waals surface area contributed by atoms with Gasteiger partial charge in [-0.1, -0.05) is 19.1 Å². The van der Waals surface area contributed by atoms with Crippen LogP contribution in [-0.4, -0.2) is 5.11 Å². The summed E-state index contributed by atoms with van der Waals surface area (Å²) in [5.41, 5.74) is 7.86. The summed E-state index contributed by atoms with van der Waals surface area (Å²) < 4.78 is 5.21. The van der Waals surface area contributed by atoms with Crippen LogP contribution in [0.3, 0.4) is 0 Å².